The van der Waals surface area contributed by atoms with Crippen molar-refractivity contribution in [1.82, 2.24) is 15.4 Å². The first-order valence-corrected chi connectivity index (χ1v) is 9.39. The molecular formula is C21H22N4O6. The number of carbonyl (C=O) groups excluding carboxylic acids is 2. The molecule has 0 saturated carbocycles. The SMILES string of the molecule is CCOC(=O)c1n[nH]nc1-c1ccc(OCC(=O)Nc2ccccc2OC)c(OC)c1. The molecule has 10 heteroatoms. The van der Waals surface area contributed by atoms with Crippen LogP contribution in [0.25, 0.3) is 11.3 Å². The number of aromatic amines is 1. The summed E-state index contributed by atoms with van der Waals surface area (Å²) in [6, 6.07) is 12.0. The number of carbonyl (C=O) groups is 2. The highest BCUT2D eigenvalue weighted by Crippen LogP contribution is 2.33. The molecule has 1 aromatic heterocycles. The van der Waals surface area contributed by atoms with Crippen molar-refractivity contribution in [3.63, 3.8) is 0 Å². The molecule has 31 heavy (non-hydrogen) atoms. The van der Waals surface area contributed by atoms with Gasteiger partial charge in [-0.05, 0) is 37.3 Å². The van der Waals surface area contributed by atoms with E-state index in [4.69, 9.17) is 18.9 Å². The van der Waals surface area contributed by atoms with Crippen molar-refractivity contribution in [2.75, 3.05) is 32.8 Å². The Labute approximate surface area is 178 Å². The zero-order chi connectivity index (χ0) is 22.2. The van der Waals surface area contributed by atoms with Crippen LogP contribution in [-0.2, 0) is 9.53 Å². The number of para-hydroxylation sites is 2. The average molecular weight is 426 g/mol. The van der Waals surface area contributed by atoms with E-state index < -0.39 is 5.97 Å². The van der Waals surface area contributed by atoms with Crippen LogP contribution in [0.15, 0.2) is 42.5 Å². The normalized spacial score (nSPS) is 10.3. The predicted molar refractivity (Wildman–Crippen MR) is 111 cm³/mol. The number of hydrogen-bond acceptors (Lipinski definition) is 8. The van der Waals surface area contributed by atoms with Crippen LogP contribution in [-0.4, -0.2) is 54.7 Å². The fourth-order valence-electron chi connectivity index (χ4n) is 2.79. The highest BCUT2D eigenvalue weighted by atomic mass is 16.5. The van der Waals surface area contributed by atoms with Crippen molar-refractivity contribution in [2.24, 2.45) is 0 Å². The molecule has 2 aromatic carbocycles. The lowest BCUT2D eigenvalue weighted by atomic mass is 10.1. The first-order valence-electron chi connectivity index (χ1n) is 9.39. The van der Waals surface area contributed by atoms with Crippen LogP contribution in [0, 0.1) is 0 Å². The Balaban J connectivity index is 1.72. The largest absolute Gasteiger partial charge is 0.495 e. The Morgan fingerprint density at radius 1 is 1.00 bits per heavy atom. The van der Waals surface area contributed by atoms with E-state index in [0.29, 0.717) is 34.2 Å². The smallest absolute Gasteiger partial charge is 0.361 e. The van der Waals surface area contributed by atoms with Gasteiger partial charge in [-0.1, -0.05) is 12.1 Å². The molecule has 162 valence electrons. The molecule has 1 heterocycles. The second-order valence-electron chi connectivity index (χ2n) is 6.14. The lowest BCUT2D eigenvalue weighted by Crippen LogP contribution is -2.20. The van der Waals surface area contributed by atoms with Gasteiger partial charge in [0, 0.05) is 5.56 Å². The summed E-state index contributed by atoms with van der Waals surface area (Å²) in [6.07, 6.45) is 0. The summed E-state index contributed by atoms with van der Waals surface area (Å²) in [6.45, 7) is 1.68. The molecule has 0 unspecified atom stereocenters. The van der Waals surface area contributed by atoms with Gasteiger partial charge >= 0.3 is 5.97 Å². The number of methoxy groups -OCH3 is 2. The number of esters is 1. The summed E-state index contributed by atoms with van der Waals surface area (Å²) in [5, 5.41) is 13.0. The molecule has 2 N–H and O–H groups in total. The molecule has 0 spiro atoms. The second-order valence-corrected chi connectivity index (χ2v) is 6.14. The highest BCUT2D eigenvalue weighted by Gasteiger charge is 2.20. The van der Waals surface area contributed by atoms with Crippen LogP contribution in [0.1, 0.15) is 17.4 Å². The third-order valence-corrected chi connectivity index (χ3v) is 4.19. The topological polar surface area (TPSA) is 125 Å². The molecular weight excluding hydrogens is 404 g/mol. The van der Waals surface area contributed by atoms with Gasteiger partial charge in [-0.2, -0.15) is 10.3 Å². The molecule has 0 saturated heterocycles. The molecule has 1 amide bonds. The number of nitrogens with zero attached hydrogens (tertiary/aromatic N) is 2. The van der Waals surface area contributed by atoms with Crippen molar-refractivity contribution in [3.05, 3.63) is 48.2 Å². The molecule has 0 aliphatic carbocycles. The molecule has 10 nitrogen and oxygen atoms in total. The van der Waals surface area contributed by atoms with E-state index >= 15 is 0 Å². The summed E-state index contributed by atoms with van der Waals surface area (Å²) < 4.78 is 21.2. The Bertz CT molecular complexity index is 1070. The first kappa shape index (κ1) is 21.6. The second kappa shape index (κ2) is 10.1. The van der Waals surface area contributed by atoms with E-state index in [9.17, 15) is 9.59 Å². The van der Waals surface area contributed by atoms with Gasteiger partial charge in [-0.25, -0.2) is 4.79 Å². The summed E-state index contributed by atoms with van der Waals surface area (Å²) in [7, 11) is 2.99. The van der Waals surface area contributed by atoms with Gasteiger partial charge in [0.1, 0.15) is 11.4 Å². The maximum absolute atomic E-state index is 12.3. The zero-order valence-electron chi connectivity index (χ0n) is 17.3. The lowest BCUT2D eigenvalue weighted by Gasteiger charge is -2.13. The molecule has 0 aliphatic heterocycles. The predicted octanol–water partition coefficient (Wildman–Crippen LogP) is 2.68. The average Bonchev–Trinajstić information content (AvgIpc) is 3.28. The van der Waals surface area contributed by atoms with Crippen LogP contribution >= 0.6 is 0 Å². The van der Waals surface area contributed by atoms with Gasteiger partial charge in [-0.3, -0.25) is 4.79 Å². The van der Waals surface area contributed by atoms with Gasteiger partial charge in [0.25, 0.3) is 5.91 Å². The van der Waals surface area contributed by atoms with Crippen molar-refractivity contribution in [2.45, 2.75) is 6.92 Å². The van der Waals surface area contributed by atoms with Gasteiger partial charge in [0.15, 0.2) is 23.8 Å². The van der Waals surface area contributed by atoms with E-state index in [1.54, 1.807) is 49.4 Å². The standard InChI is InChI=1S/C21H22N4O6/c1-4-30-21(27)20-19(23-25-24-20)13-9-10-16(17(11-13)29-3)31-12-18(26)22-14-7-5-6-8-15(14)28-2/h5-11H,4,12H2,1-3H3,(H,22,26)(H,23,24,25). The number of ether oxygens (including phenoxy) is 4. The number of nitrogens with one attached hydrogen (secondary N) is 2. The summed E-state index contributed by atoms with van der Waals surface area (Å²) >= 11 is 0. The van der Waals surface area contributed by atoms with Gasteiger partial charge in [0.2, 0.25) is 0 Å². The minimum atomic E-state index is -0.585. The third-order valence-electron chi connectivity index (χ3n) is 4.19. The fourth-order valence-corrected chi connectivity index (χ4v) is 2.79. The van der Waals surface area contributed by atoms with Gasteiger partial charge in [0.05, 0.1) is 26.5 Å². The summed E-state index contributed by atoms with van der Waals surface area (Å²) in [5.74, 6) is 0.307. The number of amides is 1. The number of anilines is 1. The molecule has 3 rings (SSSR count). The zero-order valence-corrected chi connectivity index (χ0v) is 17.3. The van der Waals surface area contributed by atoms with Crippen molar-refractivity contribution in [1.29, 1.82) is 0 Å². The quantitative estimate of drug-likeness (QED) is 0.501. The maximum Gasteiger partial charge on any atom is 0.361 e. The van der Waals surface area contributed by atoms with Crippen molar-refractivity contribution >= 4 is 17.6 Å². The van der Waals surface area contributed by atoms with Crippen LogP contribution in [0.2, 0.25) is 0 Å². The van der Waals surface area contributed by atoms with E-state index in [0.717, 1.165) is 0 Å². The molecule has 0 aliphatic rings. The Kier molecular flexibility index (Phi) is 7.05. The van der Waals surface area contributed by atoms with Crippen LogP contribution in [0.3, 0.4) is 0 Å². The van der Waals surface area contributed by atoms with E-state index in [-0.39, 0.29) is 24.8 Å². The molecule has 0 atom stereocenters. The molecule has 3 aromatic rings. The molecule has 0 radical (unpaired) electrons. The Morgan fingerprint density at radius 3 is 2.52 bits per heavy atom. The molecule has 0 fully saturated rings. The van der Waals surface area contributed by atoms with Gasteiger partial charge < -0.3 is 24.3 Å². The molecule has 0 bridgehead atoms. The number of H-pyrrole nitrogens is 1. The van der Waals surface area contributed by atoms with E-state index in [2.05, 4.69) is 20.7 Å². The minimum absolute atomic E-state index is 0.0637. The summed E-state index contributed by atoms with van der Waals surface area (Å²) in [5.41, 5.74) is 1.49. The van der Waals surface area contributed by atoms with Crippen molar-refractivity contribution in [3.8, 4) is 28.5 Å². The Morgan fingerprint density at radius 2 is 1.77 bits per heavy atom. The van der Waals surface area contributed by atoms with Crippen molar-refractivity contribution < 1.29 is 28.5 Å². The van der Waals surface area contributed by atoms with Crippen LogP contribution in [0.5, 0.6) is 17.2 Å². The van der Waals surface area contributed by atoms with Crippen LogP contribution in [0.4, 0.5) is 5.69 Å². The van der Waals surface area contributed by atoms with Gasteiger partial charge in [-0.15, -0.1) is 5.10 Å². The number of rotatable bonds is 9. The number of aromatic nitrogens is 3. The van der Waals surface area contributed by atoms with Crippen LogP contribution < -0.4 is 19.5 Å². The van der Waals surface area contributed by atoms with E-state index in [1.165, 1.54) is 14.2 Å². The third kappa shape index (κ3) is 5.10. The highest BCUT2D eigenvalue weighted by molar-refractivity contribution is 5.94. The number of hydrogen-bond donors (Lipinski definition) is 2. The fraction of sp³-hybridized carbons (Fsp3) is 0.238. The first-order chi connectivity index (χ1) is 15.1. The van der Waals surface area contributed by atoms with E-state index in [1.807, 2.05) is 0 Å². The monoisotopic (exact) mass is 426 g/mol. The minimum Gasteiger partial charge on any atom is -0.495 e. The maximum atomic E-state index is 12.3. The lowest BCUT2D eigenvalue weighted by molar-refractivity contribution is -0.118. The Hall–Kier alpha value is -4.08. The number of benzene rings is 2. The summed E-state index contributed by atoms with van der Waals surface area (Å²) in [4.78, 5) is 24.3.